The fraction of sp³-hybridized carbons (Fsp3) is 0.533. The highest BCUT2D eigenvalue weighted by Gasteiger charge is 2.09. The molecule has 0 spiro atoms. The van der Waals surface area contributed by atoms with E-state index in [9.17, 15) is 4.79 Å². The zero-order valence-corrected chi connectivity index (χ0v) is 13.2. The van der Waals surface area contributed by atoms with E-state index < -0.39 is 0 Å². The summed E-state index contributed by atoms with van der Waals surface area (Å²) in [5.74, 6) is 0. The van der Waals surface area contributed by atoms with Crippen LogP contribution < -0.4 is 4.87 Å². The Bertz CT molecular complexity index is 601. The van der Waals surface area contributed by atoms with E-state index in [1.54, 1.807) is 0 Å². The molecule has 1 saturated heterocycles. The second-order valence-electron chi connectivity index (χ2n) is 5.35. The van der Waals surface area contributed by atoms with Crippen molar-refractivity contribution in [1.82, 2.24) is 9.88 Å². The van der Waals surface area contributed by atoms with Gasteiger partial charge in [-0.25, -0.2) is 0 Å². The molecule has 110 valence electrons. The number of likely N-dealkylation sites (tertiary alicyclic amines) is 1. The van der Waals surface area contributed by atoms with Crippen LogP contribution in [0.2, 0.25) is 0 Å². The fourth-order valence-electron chi connectivity index (χ4n) is 2.84. The van der Waals surface area contributed by atoms with E-state index in [2.05, 4.69) is 22.0 Å². The summed E-state index contributed by atoms with van der Waals surface area (Å²) in [4.78, 5) is 16.7. The predicted octanol–water partition coefficient (Wildman–Crippen LogP) is 3.43. The first-order chi connectivity index (χ1) is 9.31. The van der Waals surface area contributed by atoms with Crippen LogP contribution in [0.4, 0.5) is 0 Å². The number of nitrogens with zero attached hydrogens (tertiary/aromatic N) is 1. The summed E-state index contributed by atoms with van der Waals surface area (Å²) in [6.07, 6.45) is 6.45. The lowest BCUT2D eigenvalue weighted by atomic mass is 10.1. The number of aromatic amines is 1. The van der Waals surface area contributed by atoms with E-state index in [-0.39, 0.29) is 17.3 Å². The Balaban J connectivity index is 0.00000147. The third-order valence-electron chi connectivity index (χ3n) is 3.87. The molecule has 1 fully saturated rings. The quantitative estimate of drug-likeness (QED) is 0.939. The molecule has 1 aromatic heterocycles. The number of H-pyrrole nitrogens is 1. The molecule has 0 aliphatic carbocycles. The van der Waals surface area contributed by atoms with E-state index in [0.29, 0.717) is 0 Å². The average Bonchev–Trinajstić information content (AvgIpc) is 2.79. The van der Waals surface area contributed by atoms with E-state index >= 15 is 0 Å². The lowest BCUT2D eigenvalue weighted by Crippen LogP contribution is -2.30. The molecule has 1 aliphatic rings. The van der Waals surface area contributed by atoms with Gasteiger partial charge in [0.1, 0.15) is 0 Å². The number of fused-ring (bicyclic) bond motifs is 1. The van der Waals surface area contributed by atoms with Gasteiger partial charge in [0.2, 0.25) is 0 Å². The van der Waals surface area contributed by atoms with Crippen LogP contribution in [0.1, 0.15) is 31.2 Å². The van der Waals surface area contributed by atoms with Gasteiger partial charge in [-0.15, -0.1) is 12.4 Å². The van der Waals surface area contributed by atoms with Crippen LogP contribution in [-0.2, 0) is 6.42 Å². The van der Waals surface area contributed by atoms with Crippen molar-refractivity contribution in [2.45, 2.75) is 32.1 Å². The summed E-state index contributed by atoms with van der Waals surface area (Å²) in [5.41, 5.74) is 2.31. The molecule has 20 heavy (non-hydrogen) atoms. The highest BCUT2D eigenvalue weighted by molar-refractivity contribution is 7.16. The van der Waals surface area contributed by atoms with Gasteiger partial charge in [-0.2, -0.15) is 0 Å². The van der Waals surface area contributed by atoms with Gasteiger partial charge in [0, 0.05) is 0 Å². The number of aryl methyl sites for hydroxylation is 1. The minimum Gasteiger partial charge on any atom is -0.312 e. The Kier molecular flexibility index (Phi) is 5.64. The molecule has 1 aliphatic heterocycles. The highest BCUT2D eigenvalue weighted by Crippen LogP contribution is 2.17. The molecule has 3 rings (SSSR count). The molecule has 0 radical (unpaired) electrons. The number of aromatic nitrogens is 1. The maximum atomic E-state index is 11.3. The Morgan fingerprint density at radius 2 is 2.00 bits per heavy atom. The maximum Gasteiger partial charge on any atom is 0.305 e. The van der Waals surface area contributed by atoms with Gasteiger partial charge in [-0.1, -0.05) is 23.8 Å². The lowest BCUT2D eigenvalue weighted by Gasteiger charge is -2.26. The molecule has 2 heterocycles. The molecule has 0 unspecified atom stereocenters. The van der Waals surface area contributed by atoms with Crippen LogP contribution in [0.25, 0.3) is 10.2 Å². The molecule has 1 aromatic carbocycles. The van der Waals surface area contributed by atoms with Crippen LogP contribution in [0.5, 0.6) is 0 Å². The Labute approximate surface area is 129 Å². The van der Waals surface area contributed by atoms with Gasteiger partial charge in [0.05, 0.1) is 10.2 Å². The number of hydrogen-bond donors (Lipinski definition) is 1. The van der Waals surface area contributed by atoms with Crippen molar-refractivity contribution in [2.24, 2.45) is 0 Å². The van der Waals surface area contributed by atoms with Gasteiger partial charge >= 0.3 is 4.87 Å². The molecule has 0 atom stereocenters. The van der Waals surface area contributed by atoms with Crippen molar-refractivity contribution in [3.63, 3.8) is 0 Å². The SMILES string of the molecule is Cl.O=c1[nH]c2ccc(CCCN3CCCCC3)cc2s1. The smallest absolute Gasteiger partial charge is 0.305 e. The molecule has 0 amide bonds. The van der Waals surface area contributed by atoms with Crippen LogP contribution in [0, 0.1) is 0 Å². The Morgan fingerprint density at radius 1 is 1.20 bits per heavy atom. The molecule has 0 saturated carbocycles. The molecular weight excluding hydrogens is 292 g/mol. The first-order valence-corrected chi connectivity index (χ1v) is 7.97. The van der Waals surface area contributed by atoms with E-state index in [0.717, 1.165) is 16.6 Å². The summed E-state index contributed by atoms with van der Waals surface area (Å²) < 4.78 is 1.08. The summed E-state index contributed by atoms with van der Waals surface area (Å²) in [6.45, 7) is 3.76. The van der Waals surface area contributed by atoms with Gasteiger partial charge < -0.3 is 9.88 Å². The zero-order valence-electron chi connectivity index (χ0n) is 11.6. The van der Waals surface area contributed by atoms with E-state index in [1.807, 2.05) is 6.07 Å². The normalized spacial score (nSPS) is 16.2. The van der Waals surface area contributed by atoms with E-state index in [4.69, 9.17) is 0 Å². The Morgan fingerprint density at radius 3 is 2.80 bits per heavy atom. The van der Waals surface area contributed by atoms with Crippen molar-refractivity contribution in [3.05, 3.63) is 33.4 Å². The number of halogens is 1. The third kappa shape index (κ3) is 3.84. The number of nitrogens with one attached hydrogen (secondary N) is 1. The minimum absolute atomic E-state index is 0. The summed E-state index contributed by atoms with van der Waals surface area (Å²) in [6, 6.07) is 6.33. The summed E-state index contributed by atoms with van der Waals surface area (Å²) in [5, 5.41) is 0. The fourth-order valence-corrected chi connectivity index (χ4v) is 3.64. The molecule has 1 N–H and O–H groups in total. The number of benzene rings is 1. The zero-order chi connectivity index (χ0) is 13.1. The van der Waals surface area contributed by atoms with Crippen molar-refractivity contribution >= 4 is 34.0 Å². The second kappa shape index (κ2) is 7.25. The van der Waals surface area contributed by atoms with Crippen LogP contribution in [0.15, 0.2) is 23.0 Å². The first-order valence-electron chi connectivity index (χ1n) is 7.15. The number of piperidine rings is 1. The number of hydrogen-bond acceptors (Lipinski definition) is 3. The van der Waals surface area contributed by atoms with Gasteiger partial charge in [-0.05, 0) is 63.0 Å². The van der Waals surface area contributed by atoms with Gasteiger partial charge in [-0.3, -0.25) is 4.79 Å². The largest absolute Gasteiger partial charge is 0.312 e. The van der Waals surface area contributed by atoms with Crippen LogP contribution in [0.3, 0.4) is 0 Å². The van der Waals surface area contributed by atoms with Crippen LogP contribution in [-0.4, -0.2) is 29.5 Å². The maximum absolute atomic E-state index is 11.3. The lowest BCUT2D eigenvalue weighted by molar-refractivity contribution is 0.226. The Hall–Kier alpha value is -0.840. The van der Waals surface area contributed by atoms with Gasteiger partial charge in [0.25, 0.3) is 0 Å². The van der Waals surface area contributed by atoms with Crippen molar-refractivity contribution < 1.29 is 0 Å². The van der Waals surface area contributed by atoms with Crippen molar-refractivity contribution in [3.8, 4) is 0 Å². The standard InChI is InChI=1S/C15H20N2OS.ClH/c18-15-16-13-7-6-12(11-14(13)19-15)5-4-10-17-8-2-1-3-9-17;/h6-7,11H,1-5,8-10H2,(H,16,18);1H. The molecule has 0 bridgehead atoms. The molecule has 2 aromatic rings. The summed E-state index contributed by atoms with van der Waals surface area (Å²) in [7, 11) is 0. The van der Waals surface area contributed by atoms with Crippen molar-refractivity contribution in [1.29, 1.82) is 0 Å². The third-order valence-corrected chi connectivity index (χ3v) is 4.72. The second-order valence-corrected chi connectivity index (χ2v) is 6.37. The van der Waals surface area contributed by atoms with Crippen LogP contribution >= 0.6 is 23.7 Å². The van der Waals surface area contributed by atoms with Crippen molar-refractivity contribution in [2.75, 3.05) is 19.6 Å². The monoisotopic (exact) mass is 312 g/mol. The molecule has 3 nitrogen and oxygen atoms in total. The average molecular weight is 313 g/mol. The minimum atomic E-state index is 0. The predicted molar refractivity (Wildman–Crippen MR) is 88.3 cm³/mol. The highest BCUT2D eigenvalue weighted by atomic mass is 35.5. The molecular formula is C15H21ClN2OS. The number of rotatable bonds is 4. The topological polar surface area (TPSA) is 36.1 Å². The summed E-state index contributed by atoms with van der Waals surface area (Å²) >= 11 is 1.31. The number of thiazole rings is 1. The first kappa shape index (κ1) is 15.5. The van der Waals surface area contributed by atoms with E-state index in [1.165, 1.54) is 62.2 Å². The van der Waals surface area contributed by atoms with Gasteiger partial charge in [0.15, 0.2) is 0 Å². The molecule has 5 heteroatoms.